The van der Waals surface area contributed by atoms with Gasteiger partial charge in [-0.25, -0.2) is 4.98 Å². The van der Waals surface area contributed by atoms with E-state index in [0.29, 0.717) is 17.2 Å². The van der Waals surface area contributed by atoms with Crippen molar-refractivity contribution < 1.29 is 4.92 Å². The van der Waals surface area contributed by atoms with Crippen LogP contribution in [0.1, 0.15) is 0 Å². The number of anilines is 3. The first-order valence-electron chi connectivity index (χ1n) is 13.3. The number of non-ortho nitro benzene ring substituents is 1. The first kappa shape index (κ1) is 25.1. The summed E-state index contributed by atoms with van der Waals surface area (Å²) in [5, 5.41) is 16.1. The largest absolute Gasteiger partial charge is 0.384 e. The van der Waals surface area contributed by atoms with Gasteiger partial charge < -0.3 is 25.3 Å². The van der Waals surface area contributed by atoms with Gasteiger partial charge in [0.2, 0.25) is 0 Å². The maximum atomic E-state index is 11.3. The van der Waals surface area contributed by atoms with Crippen molar-refractivity contribution in [3.8, 4) is 22.4 Å². The highest BCUT2D eigenvalue weighted by Gasteiger charge is 2.24. The molecule has 2 aliphatic heterocycles. The van der Waals surface area contributed by atoms with Gasteiger partial charge in [0.05, 0.1) is 10.5 Å². The number of fused-ring (bicyclic) bond motifs is 1. The summed E-state index contributed by atoms with van der Waals surface area (Å²) in [7, 11) is 4.32. The Balaban J connectivity index is 1.53. The number of hydrogen-bond donors (Lipinski definition) is 1. The lowest BCUT2D eigenvalue weighted by atomic mass is 9.99. The number of rotatable bonds is 5. The summed E-state index contributed by atoms with van der Waals surface area (Å²) in [6.07, 6.45) is 1.70. The van der Waals surface area contributed by atoms with Crippen LogP contribution in [0.25, 0.3) is 28.0 Å². The van der Waals surface area contributed by atoms with Crippen LogP contribution >= 0.6 is 0 Å². The molecule has 0 bridgehead atoms. The van der Waals surface area contributed by atoms with E-state index in [1.54, 1.807) is 28.9 Å². The first-order chi connectivity index (χ1) is 18.9. The minimum atomic E-state index is -0.393. The Kier molecular flexibility index (Phi) is 6.53. The standard InChI is InChI=1S/C28H33N9O2/c1-32-9-13-34(14-10-32)23-17-21(18-24(19-23)35-15-11-33(2)12-16-35)26-27(20-3-5-22(6-4-20)37(38)39)31-36-25(29)7-8-30-28(26)36/h3-8,17-19H,9-16,29H2,1-2H3. The lowest BCUT2D eigenvalue weighted by Gasteiger charge is -2.37. The molecule has 11 nitrogen and oxygen atoms in total. The molecule has 6 rings (SSSR count). The van der Waals surface area contributed by atoms with Gasteiger partial charge in [0.25, 0.3) is 5.69 Å². The predicted molar refractivity (Wildman–Crippen MR) is 154 cm³/mol. The maximum absolute atomic E-state index is 11.3. The third-order valence-corrected chi connectivity index (χ3v) is 7.83. The average Bonchev–Trinajstić information content (AvgIpc) is 3.35. The van der Waals surface area contributed by atoms with E-state index in [9.17, 15) is 10.1 Å². The molecular formula is C28H33N9O2. The molecule has 0 amide bonds. The monoisotopic (exact) mass is 527 g/mol. The molecule has 2 N–H and O–H groups in total. The van der Waals surface area contributed by atoms with E-state index in [0.717, 1.165) is 69.0 Å². The molecule has 39 heavy (non-hydrogen) atoms. The molecule has 2 aromatic heterocycles. The topological polar surface area (TPSA) is 112 Å². The number of nitro benzene ring substituents is 1. The van der Waals surface area contributed by atoms with Crippen LogP contribution in [0.15, 0.2) is 54.7 Å². The zero-order valence-electron chi connectivity index (χ0n) is 22.3. The molecule has 2 aliphatic rings. The normalized spacial score (nSPS) is 17.2. The predicted octanol–water partition coefficient (Wildman–Crippen LogP) is 3.06. The molecule has 11 heteroatoms. The van der Waals surface area contributed by atoms with Gasteiger partial charge >= 0.3 is 0 Å². The molecule has 0 saturated carbocycles. The van der Waals surface area contributed by atoms with Gasteiger partial charge in [-0.1, -0.05) is 0 Å². The number of nitrogens with zero attached hydrogens (tertiary/aromatic N) is 8. The van der Waals surface area contributed by atoms with Crippen LogP contribution in [0.2, 0.25) is 0 Å². The number of nitrogen functional groups attached to an aromatic ring is 1. The highest BCUT2D eigenvalue weighted by atomic mass is 16.6. The third-order valence-electron chi connectivity index (χ3n) is 7.83. The number of piperazine rings is 2. The first-order valence-corrected chi connectivity index (χ1v) is 13.3. The smallest absolute Gasteiger partial charge is 0.269 e. The van der Waals surface area contributed by atoms with E-state index < -0.39 is 4.92 Å². The van der Waals surface area contributed by atoms with Crippen molar-refractivity contribution in [2.75, 3.05) is 82.0 Å². The van der Waals surface area contributed by atoms with Crippen LogP contribution in [0.5, 0.6) is 0 Å². The Labute approximate surface area is 227 Å². The van der Waals surface area contributed by atoms with Crippen LogP contribution in [0.4, 0.5) is 22.9 Å². The SMILES string of the molecule is CN1CCN(c2cc(-c3c(-c4ccc([N+](=O)[O-])cc4)nn4c(N)ccnc34)cc(N3CCN(C)CC3)c2)CC1. The van der Waals surface area contributed by atoms with Crippen molar-refractivity contribution >= 4 is 28.5 Å². The van der Waals surface area contributed by atoms with Crippen molar-refractivity contribution in [1.29, 1.82) is 0 Å². The van der Waals surface area contributed by atoms with Gasteiger partial charge in [-0.2, -0.15) is 9.61 Å². The van der Waals surface area contributed by atoms with E-state index in [-0.39, 0.29) is 5.69 Å². The Bertz CT molecular complexity index is 1460. The molecule has 0 aliphatic carbocycles. The molecule has 0 radical (unpaired) electrons. The summed E-state index contributed by atoms with van der Waals surface area (Å²) < 4.78 is 1.66. The summed E-state index contributed by atoms with van der Waals surface area (Å²) in [4.78, 5) is 25.2. The maximum Gasteiger partial charge on any atom is 0.269 e. The summed E-state index contributed by atoms with van der Waals surface area (Å²) in [6, 6.07) is 15.0. The second-order valence-electron chi connectivity index (χ2n) is 10.5. The fourth-order valence-corrected chi connectivity index (χ4v) is 5.41. The summed E-state index contributed by atoms with van der Waals surface area (Å²) in [5.74, 6) is 0.476. The minimum absolute atomic E-state index is 0.0381. The molecule has 202 valence electrons. The van der Waals surface area contributed by atoms with Crippen LogP contribution in [-0.4, -0.2) is 95.8 Å². The molecule has 4 aromatic rings. The Morgan fingerprint density at radius 2 is 1.36 bits per heavy atom. The Morgan fingerprint density at radius 1 is 0.795 bits per heavy atom. The number of nitrogens with two attached hydrogens (primary N) is 1. The molecular weight excluding hydrogens is 494 g/mol. The van der Waals surface area contributed by atoms with Gasteiger partial charge in [0.1, 0.15) is 11.5 Å². The lowest BCUT2D eigenvalue weighted by molar-refractivity contribution is -0.384. The Morgan fingerprint density at radius 3 is 1.90 bits per heavy atom. The van der Waals surface area contributed by atoms with Gasteiger partial charge in [0, 0.05) is 87.6 Å². The fourth-order valence-electron chi connectivity index (χ4n) is 5.41. The molecule has 0 unspecified atom stereocenters. The van der Waals surface area contributed by atoms with Gasteiger partial charge in [0.15, 0.2) is 5.65 Å². The van der Waals surface area contributed by atoms with Crippen molar-refractivity contribution in [3.05, 3.63) is 64.8 Å². The summed E-state index contributed by atoms with van der Waals surface area (Å²) in [6.45, 7) is 7.87. The number of benzene rings is 2. The van der Waals surface area contributed by atoms with Crippen molar-refractivity contribution in [2.45, 2.75) is 0 Å². The summed E-state index contributed by atoms with van der Waals surface area (Å²) in [5.41, 5.74) is 12.7. The minimum Gasteiger partial charge on any atom is -0.384 e. The van der Waals surface area contributed by atoms with E-state index >= 15 is 0 Å². The Hall–Kier alpha value is -4.22. The van der Waals surface area contributed by atoms with Gasteiger partial charge in [-0.05, 0) is 56.1 Å². The van der Waals surface area contributed by atoms with Crippen molar-refractivity contribution in [1.82, 2.24) is 24.4 Å². The highest BCUT2D eigenvalue weighted by molar-refractivity contribution is 5.93. The second kappa shape index (κ2) is 10.2. The van der Waals surface area contributed by atoms with Crippen LogP contribution in [0, 0.1) is 10.1 Å². The molecule has 2 aromatic carbocycles. The van der Waals surface area contributed by atoms with E-state index in [1.807, 2.05) is 0 Å². The van der Waals surface area contributed by atoms with E-state index in [4.69, 9.17) is 10.8 Å². The third kappa shape index (κ3) is 4.86. The lowest BCUT2D eigenvalue weighted by Crippen LogP contribution is -2.45. The number of likely N-dealkylation sites (N-methyl/N-ethyl adjacent to an activating group) is 2. The zero-order chi connectivity index (χ0) is 27.1. The van der Waals surface area contributed by atoms with Crippen molar-refractivity contribution in [2.24, 2.45) is 0 Å². The quantitative estimate of drug-likeness (QED) is 0.309. The van der Waals surface area contributed by atoms with Crippen LogP contribution < -0.4 is 15.5 Å². The molecule has 2 saturated heterocycles. The number of nitro groups is 1. The molecule has 0 atom stereocenters. The van der Waals surface area contributed by atoms with Gasteiger partial charge in [-0.3, -0.25) is 10.1 Å². The van der Waals surface area contributed by atoms with E-state index in [2.05, 4.69) is 56.9 Å². The second-order valence-corrected chi connectivity index (χ2v) is 10.5. The van der Waals surface area contributed by atoms with E-state index in [1.165, 1.54) is 23.5 Å². The van der Waals surface area contributed by atoms with Crippen LogP contribution in [0.3, 0.4) is 0 Å². The molecule has 2 fully saturated rings. The molecule has 4 heterocycles. The molecule has 0 spiro atoms. The average molecular weight is 528 g/mol. The summed E-state index contributed by atoms with van der Waals surface area (Å²) >= 11 is 0. The number of aromatic nitrogens is 3. The number of hydrogen-bond acceptors (Lipinski definition) is 9. The van der Waals surface area contributed by atoms with Gasteiger partial charge in [-0.15, -0.1) is 0 Å². The fraction of sp³-hybridized carbons (Fsp3) is 0.357. The highest BCUT2D eigenvalue weighted by Crippen LogP contribution is 2.39. The van der Waals surface area contributed by atoms with Crippen molar-refractivity contribution in [3.63, 3.8) is 0 Å². The van der Waals surface area contributed by atoms with Crippen LogP contribution in [-0.2, 0) is 0 Å². The zero-order valence-corrected chi connectivity index (χ0v) is 22.3.